The van der Waals surface area contributed by atoms with Gasteiger partial charge in [0.1, 0.15) is 0 Å². The van der Waals surface area contributed by atoms with Gasteiger partial charge in [-0.2, -0.15) is 0 Å². The highest BCUT2D eigenvalue weighted by Gasteiger charge is 2.27. The van der Waals surface area contributed by atoms with Gasteiger partial charge in [-0.05, 0) is 13.8 Å². The highest BCUT2D eigenvalue weighted by Crippen LogP contribution is 2.11. The fourth-order valence-corrected chi connectivity index (χ4v) is 1.22. The topological polar surface area (TPSA) is 23.6 Å². The third kappa shape index (κ3) is 1.37. The normalized spacial score (nSPS) is 18.3. The van der Waals surface area contributed by atoms with Crippen LogP contribution in [0.3, 0.4) is 0 Å². The van der Waals surface area contributed by atoms with Crippen LogP contribution in [-0.4, -0.2) is 35.0 Å². The molecule has 0 radical (unpaired) electrons. The van der Waals surface area contributed by atoms with Gasteiger partial charge in [0.25, 0.3) is 0 Å². The Morgan fingerprint density at radius 3 is 2.45 bits per heavy atom. The van der Waals surface area contributed by atoms with Gasteiger partial charge in [-0.15, -0.1) is 0 Å². The first-order valence-electron chi connectivity index (χ1n) is 3.86. The summed E-state index contributed by atoms with van der Waals surface area (Å²) < 4.78 is 0. The third-order valence-corrected chi connectivity index (χ3v) is 1.92. The molecule has 1 fully saturated rings. The molecule has 1 aliphatic heterocycles. The third-order valence-electron chi connectivity index (χ3n) is 1.92. The molecule has 0 bridgehead atoms. The van der Waals surface area contributed by atoms with E-state index in [0.29, 0.717) is 6.04 Å². The van der Waals surface area contributed by atoms with E-state index in [1.807, 2.05) is 18.7 Å². The van der Waals surface area contributed by atoms with E-state index in [-0.39, 0.29) is 6.03 Å². The van der Waals surface area contributed by atoms with Crippen molar-refractivity contribution in [3.8, 4) is 0 Å². The molecule has 1 aliphatic rings. The standard InChI is InChI=1S/C8H14N2O/c1-4-9-5-6-10(7(2)3)8(9)11/h4,7H,1,5-6H2,2-3H3. The molecule has 0 aliphatic carbocycles. The van der Waals surface area contributed by atoms with Crippen LogP contribution in [0.1, 0.15) is 13.8 Å². The summed E-state index contributed by atoms with van der Waals surface area (Å²) in [6.45, 7) is 9.20. The lowest BCUT2D eigenvalue weighted by Gasteiger charge is -2.19. The lowest BCUT2D eigenvalue weighted by Crippen LogP contribution is -2.34. The van der Waals surface area contributed by atoms with Crippen molar-refractivity contribution in [3.63, 3.8) is 0 Å². The minimum atomic E-state index is 0.0787. The molecular weight excluding hydrogens is 140 g/mol. The smallest absolute Gasteiger partial charge is 0.320 e. The maximum absolute atomic E-state index is 11.4. The van der Waals surface area contributed by atoms with Gasteiger partial charge < -0.3 is 4.90 Å². The summed E-state index contributed by atoms with van der Waals surface area (Å²) in [5.74, 6) is 0. The SMILES string of the molecule is C=CN1CCN(C(C)C)C1=O. The van der Waals surface area contributed by atoms with Gasteiger partial charge in [0.15, 0.2) is 0 Å². The zero-order valence-corrected chi connectivity index (χ0v) is 7.08. The average molecular weight is 154 g/mol. The molecule has 3 nitrogen and oxygen atoms in total. The van der Waals surface area contributed by atoms with Gasteiger partial charge in [-0.1, -0.05) is 6.58 Å². The number of nitrogens with zero attached hydrogens (tertiary/aromatic N) is 2. The predicted octanol–water partition coefficient (Wildman–Crippen LogP) is 1.28. The summed E-state index contributed by atoms with van der Waals surface area (Å²) in [6.07, 6.45) is 1.59. The number of carbonyl (C=O) groups is 1. The summed E-state index contributed by atoms with van der Waals surface area (Å²) in [4.78, 5) is 14.8. The number of hydrogen-bond acceptors (Lipinski definition) is 1. The molecule has 0 N–H and O–H groups in total. The Morgan fingerprint density at radius 2 is 2.18 bits per heavy atom. The Labute approximate surface area is 67.3 Å². The first kappa shape index (κ1) is 8.11. The van der Waals surface area contributed by atoms with Crippen LogP contribution in [0.15, 0.2) is 12.8 Å². The van der Waals surface area contributed by atoms with E-state index in [1.165, 1.54) is 0 Å². The molecule has 0 saturated carbocycles. The Kier molecular flexibility index (Phi) is 2.17. The number of hydrogen-bond donors (Lipinski definition) is 0. The molecule has 1 heterocycles. The summed E-state index contributed by atoms with van der Waals surface area (Å²) in [6, 6.07) is 0.377. The van der Waals surface area contributed by atoms with Gasteiger partial charge in [0.05, 0.1) is 0 Å². The molecule has 0 atom stereocenters. The Balaban J connectivity index is 2.62. The van der Waals surface area contributed by atoms with E-state index < -0.39 is 0 Å². The van der Waals surface area contributed by atoms with E-state index >= 15 is 0 Å². The van der Waals surface area contributed by atoms with Crippen LogP contribution in [-0.2, 0) is 0 Å². The van der Waals surface area contributed by atoms with Gasteiger partial charge in [0.2, 0.25) is 0 Å². The Bertz CT molecular complexity index is 177. The van der Waals surface area contributed by atoms with Crippen LogP contribution in [0.2, 0.25) is 0 Å². The van der Waals surface area contributed by atoms with Crippen molar-refractivity contribution >= 4 is 6.03 Å². The summed E-state index contributed by atoms with van der Waals surface area (Å²) in [7, 11) is 0. The molecular formula is C8H14N2O. The molecule has 0 unspecified atom stereocenters. The summed E-state index contributed by atoms with van der Waals surface area (Å²) >= 11 is 0. The maximum Gasteiger partial charge on any atom is 0.324 e. The molecule has 0 aromatic heterocycles. The molecule has 62 valence electrons. The van der Waals surface area contributed by atoms with E-state index in [2.05, 4.69) is 6.58 Å². The number of rotatable bonds is 2. The molecule has 0 spiro atoms. The lowest BCUT2D eigenvalue weighted by molar-refractivity contribution is 0.192. The number of amides is 2. The average Bonchev–Trinajstić information content (AvgIpc) is 2.30. The minimum Gasteiger partial charge on any atom is -0.320 e. The van der Waals surface area contributed by atoms with Crippen LogP contribution >= 0.6 is 0 Å². The molecule has 2 amide bonds. The maximum atomic E-state index is 11.4. The van der Waals surface area contributed by atoms with Crippen molar-refractivity contribution in [2.24, 2.45) is 0 Å². The van der Waals surface area contributed by atoms with Gasteiger partial charge in [0, 0.05) is 25.3 Å². The van der Waals surface area contributed by atoms with Gasteiger partial charge in [-0.3, -0.25) is 4.90 Å². The number of urea groups is 1. The quantitative estimate of drug-likeness (QED) is 0.587. The molecule has 11 heavy (non-hydrogen) atoms. The van der Waals surface area contributed by atoms with Crippen molar-refractivity contribution in [2.75, 3.05) is 13.1 Å². The minimum absolute atomic E-state index is 0.0787. The van der Waals surface area contributed by atoms with Crippen molar-refractivity contribution in [3.05, 3.63) is 12.8 Å². The highest BCUT2D eigenvalue weighted by molar-refractivity contribution is 5.77. The second-order valence-electron chi connectivity index (χ2n) is 2.95. The lowest BCUT2D eigenvalue weighted by atomic mass is 10.3. The summed E-state index contributed by atoms with van der Waals surface area (Å²) in [5, 5.41) is 0. The largest absolute Gasteiger partial charge is 0.324 e. The van der Waals surface area contributed by atoms with Crippen molar-refractivity contribution in [1.82, 2.24) is 9.80 Å². The van der Waals surface area contributed by atoms with E-state index in [4.69, 9.17) is 0 Å². The van der Waals surface area contributed by atoms with Crippen molar-refractivity contribution < 1.29 is 4.79 Å². The van der Waals surface area contributed by atoms with Crippen LogP contribution in [0.4, 0.5) is 4.79 Å². The molecule has 3 heteroatoms. The Hall–Kier alpha value is -0.990. The fourth-order valence-electron chi connectivity index (χ4n) is 1.22. The van der Waals surface area contributed by atoms with Crippen LogP contribution in [0, 0.1) is 0 Å². The first-order chi connectivity index (χ1) is 5.16. The van der Waals surface area contributed by atoms with E-state index in [9.17, 15) is 4.79 Å². The second-order valence-corrected chi connectivity index (χ2v) is 2.95. The van der Waals surface area contributed by atoms with Crippen LogP contribution < -0.4 is 0 Å². The first-order valence-corrected chi connectivity index (χ1v) is 3.86. The zero-order chi connectivity index (χ0) is 8.43. The molecule has 1 saturated heterocycles. The van der Waals surface area contributed by atoms with Crippen molar-refractivity contribution in [2.45, 2.75) is 19.9 Å². The van der Waals surface area contributed by atoms with E-state index in [1.54, 1.807) is 11.1 Å². The van der Waals surface area contributed by atoms with Crippen LogP contribution in [0.25, 0.3) is 0 Å². The van der Waals surface area contributed by atoms with Crippen molar-refractivity contribution in [1.29, 1.82) is 0 Å². The number of carbonyl (C=O) groups excluding carboxylic acids is 1. The van der Waals surface area contributed by atoms with Crippen LogP contribution in [0.5, 0.6) is 0 Å². The predicted molar refractivity (Wildman–Crippen MR) is 44.1 cm³/mol. The summed E-state index contributed by atoms with van der Waals surface area (Å²) in [5.41, 5.74) is 0. The molecule has 1 rings (SSSR count). The van der Waals surface area contributed by atoms with E-state index in [0.717, 1.165) is 13.1 Å². The fraction of sp³-hybridized carbons (Fsp3) is 0.625. The highest BCUT2D eigenvalue weighted by atomic mass is 16.2. The second kappa shape index (κ2) is 2.95. The van der Waals surface area contributed by atoms with Gasteiger partial charge in [-0.25, -0.2) is 4.79 Å². The Morgan fingerprint density at radius 1 is 1.55 bits per heavy atom. The molecule has 0 aromatic rings. The van der Waals surface area contributed by atoms with Gasteiger partial charge >= 0.3 is 6.03 Å². The monoisotopic (exact) mass is 154 g/mol. The zero-order valence-electron chi connectivity index (χ0n) is 7.08. The molecule has 0 aromatic carbocycles.